The topological polar surface area (TPSA) is 65.8 Å². The van der Waals surface area contributed by atoms with E-state index in [9.17, 15) is 4.79 Å². The molecule has 0 spiro atoms. The van der Waals surface area contributed by atoms with E-state index in [0.29, 0.717) is 5.82 Å². The highest BCUT2D eigenvalue weighted by Gasteiger charge is 2.01. The van der Waals surface area contributed by atoms with E-state index in [2.05, 4.69) is 9.98 Å². The molecule has 0 radical (unpaired) electrons. The van der Waals surface area contributed by atoms with E-state index in [-0.39, 0.29) is 5.56 Å². The molecule has 0 aliphatic rings. The van der Waals surface area contributed by atoms with Crippen molar-refractivity contribution >= 4 is 18.1 Å². The van der Waals surface area contributed by atoms with E-state index in [0.717, 1.165) is 0 Å². The molecule has 0 aliphatic carbocycles. The highest BCUT2D eigenvalue weighted by Crippen LogP contribution is 2.07. The van der Waals surface area contributed by atoms with Gasteiger partial charge < -0.3 is 10.0 Å². The van der Waals surface area contributed by atoms with Crippen LogP contribution in [0.1, 0.15) is 10.4 Å². The third kappa shape index (κ3) is 2.85. The van der Waals surface area contributed by atoms with Crippen molar-refractivity contribution in [1.29, 1.82) is 0 Å². The largest absolute Gasteiger partial charge is 0.478 e. The summed E-state index contributed by atoms with van der Waals surface area (Å²) in [5.74, 6) is -0.496. The van der Waals surface area contributed by atoms with E-state index in [1.165, 1.54) is 12.3 Å². The smallest absolute Gasteiger partial charge is 0.337 e. The Morgan fingerprint density at radius 3 is 2.71 bits per heavy atom. The Kier molecular flexibility index (Phi) is 3.17. The molecule has 0 atom stereocenters. The van der Waals surface area contributed by atoms with Gasteiger partial charge in [-0.2, -0.15) is 0 Å². The zero-order valence-corrected chi connectivity index (χ0v) is 8.01. The second kappa shape index (κ2) is 4.36. The number of aromatic carboxylic acids is 1. The summed E-state index contributed by atoms with van der Waals surface area (Å²) in [6.45, 7) is 0. The van der Waals surface area contributed by atoms with E-state index >= 15 is 0 Å². The van der Waals surface area contributed by atoms with Crippen LogP contribution in [0.3, 0.4) is 0 Å². The molecule has 14 heavy (non-hydrogen) atoms. The van der Waals surface area contributed by atoms with E-state index in [1.807, 2.05) is 14.1 Å². The van der Waals surface area contributed by atoms with Gasteiger partial charge in [0.05, 0.1) is 11.9 Å². The van der Waals surface area contributed by atoms with Crippen LogP contribution < -0.4 is 0 Å². The molecule has 74 valence electrons. The summed E-state index contributed by atoms with van der Waals surface area (Å²) in [7, 11) is 3.68. The van der Waals surface area contributed by atoms with Crippen LogP contribution >= 0.6 is 0 Å². The number of aromatic nitrogens is 1. The number of carbonyl (C=O) groups is 1. The summed E-state index contributed by atoms with van der Waals surface area (Å²) < 4.78 is 0. The van der Waals surface area contributed by atoms with Crippen molar-refractivity contribution in [2.45, 2.75) is 0 Å². The quantitative estimate of drug-likeness (QED) is 0.574. The first-order valence-corrected chi connectivity index (χ1v) is 3.99. The van der Waals surface area contributed by atoms with Gasteiger partial charge in [0.2, 0.25) is 0 Å². The first-order chi connectivity index (χ1) is 6.59. The summed E-state index contributed by atoms with van der Waals surface area (Å²) in [6, 6.07) is 3.03. The van der Waals surface area contributed by atoms with Crippen molar-refractivity contribution in [3.8, 4) is 0 Å². The van der Waals surface area contributed by atoms with Crippen LogP contribution in [0.5, 0.6) is 0 Å². The Labute approximate surface area is 81.7 Å². The van der Waals surface area contributed by atoms with Crippen LogP contribution in [-0.4, -0.2) is 41.4 Å². The van der Waals surface area contributed by atoms with Crippen LogP contribution in [0.15, 0.2) is 23.3 Å². The molecular formula is C9H11N3O2. The van der Waals surface area contributed by atoms with Gasteiger partial charge in [0.15, 0.2) is 5.82 Å². The Morgan fingerprint density at radius 1 is 1.57 bits per heavy atom. The van der Waals surface area contributed by atoms with E-state index in [4.69, 9.17) is 5.11 Å². The van der Waals surface area contributed by atoms with Crippen LogP contribution in [0.25, 0.3) is 0 Å². The highest BCUT2D eigenvalue weighted by atomic mass is 16.4. The van der Waals surface area contributed by atoms with Gasteiger partial charge in [0, 0.05) is 20.3 Å². The fraction of sp³-hybridized carbons (Fsp3) is 0.222. The van der Waals surface area contributed by atoms with E-state index in [1.54, 1.807) is 17.3 Å². The van der Waals surface area contributed by atoms with Crippen molar-refractivity contribution < 1.29 is 9.90 Å². The fourth-order valence-corrected chi connectivity index (χ4v) is 0.764. The van der Waals surface area contributed by atoms with Crippen molar-refractivity contribution in [2.75, 3.05) is 14.1 Å². The molecule has 0 saturated heterocycles. The number of hydrogen-bond donors (Lipinski definition) is 1. The Balaban J connectivity index is 2.78. The summed E-state index contributed by atoms with van der Waals surface area (Å²) in [5, 5.41) is 8.61. The van der Waals surface area contributed by atoms with Crippen molar-refractivity contribution in [3.63, 3.8) is 0 Å². The zero-order chi connectivity index (χ0) is 10.6. The minimum Gasteiger partial charge on any atom is -0.478 e. The maximum absolute atomic E-state index is 10.5. The average Bonchev–Trinajstić information content (AvgIpc) is 2.15. The van der Waals surface area contributed by atoms with Crippen LogP contribution in [0.2, 0.25) is 0 Å². The lowest BCUT2D eigenvalue weighted by atomic mass is 10.3. The number of carboxylic acids is 1. The number of carboxylic acid groups (broad SMARTS) is 1. The summed E-state index contributed by atoms with van der Waals surface area (Å²) in [6.07, 6.45) is 2.88. The highest BCUT2D eigenvalue weighted by molar-refractivity contribution is 5.87. The van der Waals surface area contributed by atoms with Gasteiger partial charge in [-0.05, 0) is 12.1 Å². The number of hydrogen-bond acceptors (Lipinski definition) is 3. The Hall–Kier alpha value is -1.91. The Bertz CT molecular complexity index is 344. The molecule has 1 aromatic heterocycles. The molecule has 0 amide bonds. The van der Waals surface area contributed by atoms with Gasteiger partial charge in [-0.3, -0.25) is 0 Å². The molecule has 0 aliphatic heterocycles. The minimum atomic E-state index is -0.986. The van der Waals surface area contributed by atoms with Crippen molar-refractivity contribution in [1.82, 2.24) is 9.88 Å². The maximum atomic E-state index is 10.5. The first-order valence-electron chi connectivity index (χ1n) is 3.99. The van der Waals surface area contributed by atoms with Gasteiger partial charge in [-0.1, -0.05) is 0 Å². The van der Waals surface area contributed by atoms with Gasteiger partial charge in [0.25, 0.3) is 0 Å². The average molecular weight is 193 g/mol. The molecule has 0 bridgehead atoms. The molecule has 5 nitrogen and oxygen atoms in total. The number of pyridine rings is 1. The molecule has 1 heterocycles. The zero-order valence-electron chi connectivity index (χ0n) is 8.01. The van der Waals surface area contributed by atoms with Crippen molar-refractivity contribution in [3.05, 3.63) is 23.9 Å². The Morgan fingerprint density at radius 2 is 2.29 bits per heavy atom. The van der Waals surface area contributed by atoms with Gasteiger partial charge in [-0.15, -0.1) is 0 Å². The molecule has 0 aromatic carbocycles. The maximum Gasteiger partial charge on any atom is 0.337 e. The summed E-state index contributed by atoms with van der Waals surface area (Å²) >= 11 is 0. The molecule has 1 N–H and O–H groups in total. The third-order valence-electron chi connectivity index (χ3n) is 1.42. The fourth-order valence-electron chi connectivity index (χ4n) is 0.764. The second-order valence-corrected chi connectivity index (χ2v) is 2.92. The van der Waals surface area contributed by atoms with Gasteiger partial charge in [0.1, 0.15) is 0 Å². The molecule has 5 heteroatoms. The summed E-state index contributed by atoms with van der Waals surface area (Å²) in [5.41, 5.74) is 0.161. The molecular weight excluding hydrogens is 182 g/mol. The van der Waals surface area contributed by atoms with Crippen LogP contribution in [0, 0.1) is 0 Å². The van der Waals surface area contributed by atoms with Crippen molar-refractivity contribution in [2.24, 2.45) is 4.99 Å². The molecule has 1 aromatic rings. The lowest BCUT2D eigenvalue weighted by Crippen LogP contribution is -2.07. The molecule has 0 saturated carbocycles. The van der Waals surface area contributed by atoms with Gasteiger partial charge in [-0.25, -0.2) is 14.8 Å². The molecule has 0 unspecified atom stereocenters. The number of aliphatic imine (C=N–C) groups is 1. The first kappa shape index (κ1) is 10.2. The SMILES string of the molecule is CN(C)/C=N/c1ccc(C(=O)O)cn1. The lowest BCUT2D eigenvalue weighted by Gasteiger charge is -2.01. The van der Waals surface area contributed by atoms with Gasteiger partial charge >= 0.3 is 5.97 Å². The lowest BCUT2D eigenvalue weighted by molar-refractivity contribution is 0.0696. The normalized spacial score (nSPS) is 10.4. The van der Waals surface area contributed by atoms with Crippen LogP contribution in [-0.2, 0) is 0 Å². The predicted molar refractivity (Wildman–Crippen MR) is 53.0 cm³/mol. The summed E-state index contributed by atoms with van der Waals surface area (Å²) in [4.78, 5) is 20.1. The molecule has 0 fully saturated rings. The number of nitrogens with zero attached hydrogens (tertiary/aromatic N) is 3. The predicted octanol–water partition coefficient (Wildman–Crippen LogP) is 1.00. The minimum absolute atomic E-state index is 0.161. The molecule has 1 rings (SSSR count). The number of rotatable bonds is 3. The van der Waals surface area contributed by atoms with Crippen LogP contribution in [0.4, 0.5) is 5.82 Å². The second-order valence-electron chi connectivity index (χ2n) is 2.92. The monoisotopic (exact) mass is 193 g/mol. The third-order valence-corrected chi connectivity index (χ3v) is 1.42. The van der Waals surface area contributed by atoms with E-state index < -0.39 is 5.97 Å². The standard InChI is InChI=1S/C9H11N3O2/c1-12(2)6-11-8-4-3-7(5-10-8)9(13)14/h3-6H,1-2H3,(H,13,14)/b11-6+.